The molecule has 0 aromatic rings. The summed E-state index contributed by atoms with van der Waals surface area (Å²) in [5.41, 5.74) is -0.258. The van der Waals surface area contributed by atoms with Crippen LogP contribution in [0.1, 0.15) is 45.4 Å². The molecule has 1 N–H and O–H groups in total. The Balaban J connectivity index is 2.51. The summed E-state index contributed by atoms with van der Waals surface area (Å²) < 4.78 is 0. The van der Waals surface area contributed by atoms with Crippen molar-refractivity contribution in [2.45, 2.75) is 45.4 Å². The van der Waals surface area contributed by atoms with E-state index >= 15 is 0 Å². The van der Waals surface area contributed by atoms with E-state index in [-0.39, 0.29) is 17.7 Å². The summed E-state index contributed by atoms with van der Waals surface area (Å²) in [7, 11) is 1.70. The molecule has 0 saturated heterocycles. The lowest BCUT2D eigenvalue weighted by molar-refractivity contribution is -0.143. The van der Waals surface area contributed by atoms with Crippen LogP contribution in [-0.4, -0.2) is 35.5 Å². The molecule has 0 unspecified atom stereocenters. The van der Waals surface area contributed by atoms with Gasteiger partial charge in [0.15, 0.2) is 0 Å². The highest BCUT2D eigenvalue weighted by Gasteiger charge is 2.36. The van der Waals surface area contributed by atoms with E-state index in [1.807, 2.05) is 6.92 Å². The minimum absolute atomic E-state index is 0.0261. The van der Waals surface area contributed by atoms with Gasteiger partial charge in [-0.05, 0) is 12.8 Å². The molecule has 16 heavy (non-hydrogen) atoms. The Morgan fingerprint density at radius 3 is 2.31 bits per heavy atom. The first-order valence-electron chi connectivity index (χ1n) is 5.93. The van der Waals surface area contributed by atoms with Gasteiger partial charge in [-0.3, -0.25) is 9.59 Å². The van der Waals surface area contributed by atoms with Crippen LogP contribution in [0.25, 0.3) is 0 Å². The summed E-state index contributed by atoms with van der Waals surface area (Å²) >= 11 is 0. The second-order valence-corrected chi connectivity index (χ2v) is 4.99. The van der Waals surface area contributed by atoms with E-state index in [4.69, 9.17) is 5.11 Å². The van der Waals surface area contributed by atoms with Crippen LogP contribution in [0.5, 0.6) is 0 Å². The Morgan fingerprint density at radius 2 is 1.81 bits per heavy atom. The standard InChI is InChI=1S/C12H21NO3/c1-12(7-4-3-5-8-12)11(16)13(2)9-6-10(14)15/h3-9H2,1-2H3,(H,14,15). The van der Waals surface area contributed by atoms with Crippen molar-refractivity contribution in [3.05, 3.63) is 0 Å². The Hall–Kier alpha value is -1.06. The van der Waals surface area contributed by atoms with E-state index < -0.39 is 5.97 Å². The van der Waals surface area contributed by atoms with Crippen molar-refractivity contribution in [2.75, 3.05) is 13.6 Å². The molecule has 0 spiro atoms. The van der Waals surface area contributed by atoms with Crippen molar-refractivity contribution in [2.24, 2.45) is 5.41 Å². The Morgan fingerprint density at radius 1 is 1.25 bits per heavy atom. The van der Waals surface area contributed by atoms with E-state index in [1.165, 1.54) is 6.42 Å². The van der Waals surface area contributed by atoms with Gasteiger partial charge < -0.3 is 10.0 Å². The number of rotatable bonds is 4. The minimum Gasteiger partial charge on any atom is -0.481 e. The molecular formula is C12H21NO3. The number of nitrogens with zero attached hydrogens (tertiary/aromatic N) is 1. The summed E-state index contributed by atoms with van der Waals surface area (Å²) in [4.78, 5) is 24.2. The van der Waals surface area contributed by atoms with E-state index in [9.17, 15) is 9.59 Å². The van der Waals surface area contributed by atoms with E-state index in [0.717, 1.165) is 25.7 Å². The summed E-state index contributed by atoms with van der Waals surface area (Å²) in [5, 5.41) is 8.58. The molecule has 1 saturated carbocycles. The molecule has 0 heterocycles. The molecule has 1 amide bonds. The average Bonchev–Trinajstić information content (AvgIpc) is 2.25. The van der Waals surface area contributed by atoms with Gasteiger partial charge in [0.25, 0.3) is 0 Å². The summed E-state index contributed by atoms with van der Waals surface area (Å²) in [6.07, 6.45) is 5.32. The Labute approximate surface area is 96.6 Å². The molecule has 4 nitrogen and oxygen atoms in total. The van der Waals surface area contributed by atoms with Crippen molar-refractivity contribution < 1.29 is 14.7 Å². The number of carboxylic acid groups (broad SMARTS) is 1. The zero-order chi connectivity index (χ0) is 12.2. The highest BCUT2D eigenvalue weighted by Crippen LogP contribution is 2.37. The smallest absolute Gasteiger partial charge is 0.305 e. The quantitative estimate of drug-likeness (QED) is 0.798. The van der Waals surface area contributed by atoms with Crippen molar-refractivity contribution >= 4 is 11.9 Å². The van der Waals surface area contributed by atoms with Crippen molar-refractivity contribution in [3.63, 3.8) is 0 Å². The molecule has 1 fully saturated rings. The van der Waals surface area contributed by atoms with Crippen LogP contribution in [-0.2, 0) is 9.59 Å². The number of carbonyl (C=O) groups is 2. The van der Waals surface area contributed by atoms with Gasteiger partial charge in [-0.25, -0.2) is 0 Å². The van der Waals surface area contributed by atoms with Crippen LogP contribution in [0.3, 0.4) is 0 Å². The molecular weight excluding hydrogens is 206 g/mol. The van der Waals surface area contributed by atoms with Crippen molar-refractivity contribution in [3.8, 4) is 0 Å². The lowest BCUT2D eigenvalue weighted by Gasteiger charge is -2.35. The van der Waals surface area contributed by atoms with Gasteiger partial charge in [0, 0.05) is 19.0 Å². The topological polar surface area (TPSA) is 57.6 Å². The molecule has 0 aromatic carbocycles. The molecule has 0 aromatic heterocycles. The van der Waals surface area contributed by atoms with Crippen molar-refractivity contribution in [1.82, 2.24) is 4.90 Å². The predicted molar refractivity (Wildman–Crippen MR) is 61.1 cm³/mol. The van der Waals surface area contributed by atoms with Gasteiger partial charge in [-0.15, -0.1) is 0 Å². The van der Waals surface area contributed by atoms with Crippen LogP contribution in [0.15, 0.2) is 0 Å². The van der Waals surface area contributed by atoms with Gasteiger partial charge in [0.1, 0.15) is 0 Å². The first-order chi connectivity index (χ1) is 7.46. The molecule has 1 aliphatic carbocycles. The summed E-state index contributed by atoms with van der Waals surface area (Å²) in [5.74, 6) is -0.748. The summed E-state index contributed by atoms with van der Waals surface area (Å²) in [6, 6.07) is 0. The molecule has 1 rings (SSSR count). The summed E-state index contributed by atoms with van der Waals surface area (Å²) in [6.45, 7) is 2.31. The zero-order valence-electron chi connectivity index (χ0n) is 10.2. The van der Waals surface area contributed by atoms with E-state index in [2.05, 4.69) is 0 Å². The third kappa shape index (κ3) is 3.22. The number of hydrogen-bond acceptors (Lipinski definition) is 2. The van der Waals surface area contributed by atoms with E-state index in [1.54, 1.807) is 11.9 Å². The van der Waals surface area contributed by atoms with Gasteiger partial charge in [0.2, 0.25) is 5.91 Å². The number of carboxylic acids is 1. The average molecular weight is 227 g/mol. The molecule has 0 aliphatic heterocycles. The third-order valence-corrected chi connectivity index (χ3v) is 3.48. The fraction of sp³-hybridized carbons (Fsp3) is 0.833. The maximum atomic E-state index is 12.2. The van der Waals surface area contributed by atoms with Crippen LogP contribution >= 0.6 is 0 Å². The molecule has 1 aliphatic rings. The predicted octanol–water partition coefficient (Wildman–Crippen LogP) is 1.89. The monoisotopic (exact) mass is 227 g/mol. The lowest BCUT2D eigenvalue weighted by atomic mass is 9.75. The number of amides is 1. The highest BCUT2D eigenvalue weighted by atomic mass is 16.4. The van der Waals surface area contributed by atoms with Gasteiger partial charge in [0.05, 0.1) is 6.42 Å². The Kier molecular flexibility index (Phi) is 4.33. The lowest BCUT2D eigenvalue weighted by Crippen LogP contribution is -2.42. The fourth-order valence-electron chi connectivity index (χ4n) is 2.37. The molecule has 4 heteroatoms. The van der Waals surface area contributed by atoms with Crippen LogP contribution in [0.2, 0.25) is 0 Å². The normalized spacial score (nSPS) is 19.1. The van der Waals surface area contributed by atoms with E-state index in [0.29, 0.717) is 6.54 Å². The Bertz CT molecular complexity index is 269. The maximum Gasteiger partial charge on any atom is 0.305 e. The van der Waals surface area contributed by atoms with Gasteiger partial charge in [-0.2, -0.15) is 0 Å². The molecule has 0 radical (unpaired) electrons. The maximum absolute atomic E-state index is 12.2. The van der Waals surface area contributed by atoms with Crippen LogP contribution in [0.4, 0.5) is 0 Å². The van der Waals surface area contributed by atoms with Crippen molar-refractivity contribution in [1.29, 1.82) is 0 Å². The molecule has 92 valence electrons. The zero-order valence-corrected chi connectivity index (χ0v) is 10.2. The number of aliphatic carboxylic acids is 1. The van der Waals surface area contributed by atoms with Crippen LogP contribution in [0, 0.1) is 5.41 Å². The minimum atomic E-state index is -0.853. The number of carbonyl (C=O) groups excluding carboxylic acids is 1. The third-order valence-electron chi connectivity index (χ3n) is 3.48. The van der Waals surface area contributed by atoms with Gasteiger partial charge in [-0.1, -0.05) is 26.2 Å². The number of hydrogen-bond donors (Lipinski definition) is 1. The molecule has 0 bridgehead atoms. The van der Waals surface area contributed by atoms with Crippen LogP contribution < -0.4 is 0 Å². The largest absolute Gasteiger partial charge is 0.481 e. The van der Waals surface area contributed by atoms with Gasteiger partial charge >= 0.3 is 5.97 Å². The fourth-order valence-corrected chi connectivity index (χ4v) is 2.37. The first kappa shape index (κ1) is 13.0. The molecule has 0 atom stereocenters. The second-order valence-electron chi connectivity index (χ2n) is 4.99. The second kappa shape index (κ2) is 5.32. The highest BCUT2D eigenvalue weighted by molar-refractivity contribution is 5.82. The first-order valence-corrected chi connectivity index (χ1v) is 5.93. The SMILES string of the molecule is CN(CCC(=O)O)C(=O)C1(C)CCCCC1.